The van der Waals surface area contributed by atoms with Gasteiger partial charge in [0, 0.05) is 36.3 Å². The topological polar surface area (TPSA) is 28.2 Å². The first-order chi connectivity index (χ1) is 9.59. The Balaban J connectivity index is 1.92. The van der Waals surface area contributed by atoms with Crippen LogP contribution in [0.4, 0.5) is 5.82 Å². The van der Waals surface area contributed by atoms with E-state index in [1.54, 1.807) is 0 Å². The van der Waals surface area contributed by atoms with Crippen LogP contribution in [-0.4, -0.2) is 40.0 Å². The number of nitrogens with one attached hydrogen (secondary N) is 1. The lowest BCUT2D eigenvalue weighted by Crippen LogP contribution is -2.26. The fourth-order valence-corrected chi connectivity index (χ4v) is 3.54. The van der Waals surface area contributed by atoms with Crippen LogP contribution in [0.5, 0.6) is 0 Å². The summed E-state index contributed by atoms with van der Waals surface area (Å²) >= 11 is 2.10. The molecule has 0 radical (unpaired) electrons. The summed E-state index contributed by atoms with van der Waals surface area (Å²) < 4.78 is 0.431. The van der Waals surface area contributed by atoms with Crippen LogP contribution in [0.1, 0.15) is 39.2 Å². The number of aromatic nitrogens is 1. The molecule has 0 atom stereocenters. The van der Waals surface area contributed by atoms with Gasteiger partial charge < -0.3 is 5.32 Å². The third-order valence-electron chi connectivity index (χ3n) is 3.72. The van der Waals surface area contributed by atoms with Gasteiger partial charge in [0.05, 0.1) is 0 Å². The SMILES string of the molecule is CCCNc1cc(CN2CCSC(C)(C)CC2)ccn1. The maximum absolute atomic E-state index is 4.38. The molecule has 0 amide bonds. The van der Waals surface area contributed by atoms with Crippen molar-refractivity contribution in [1.82, 2.24) is 9.88 Å². The summed E-state index contributed by atoms with van der Waals surface area (Å²) in [6.45, 7) is 11.3. The maximum Gasteiger partial charge on any atom is 0.126 e. The van der Waals surface area contributed by atoms with Gasteiger partial charge in [-0.1, -0.05) is 20.8 Å². The van der Waals surface area contributed by atoms with Crippen LogP contribution in [0, 0.1) is 0 Å². The van der Waals surface area contributed by atoms with Gasteiger partial charge in [-0.05, 0) is 37.1 Å². The van der Waals surface area contributed by atoms with E-state index in [0.29, 0.717) is 4.75 Å². The predicted molar refractivity (Wildman–Crippen MR) is 89.4 cm³/mol. The second-order valence-corrected chi connectivity index (χ2v) is 7.91. The quantitative estimate of drug-likeness (QED) is 0.897. The minimum Gasteiger partial charge on any atom is -0.370 e. The molecule has 1 aromatic heterocycles. The molecule has 20 heavy (non-hydrogen) atoms. The molecule has 1 aliphatic rings. The van der Waals surface area contributed by atoms with E-state index < -0.39 is 0 Å². The highest BCUT2D eigenvalue weighted by molar-refractivity contribution is 8.00. The summed E-state index contributed by atoms with van der Waals surface area (Å²) in [6, 6.07) is 4.33. The van der Waals surface area contributed by atoms with Crippen molar-refractivity contribution in [2.45, 2.75) is 44.9 Å². The zero-order valence-corrected chi connectivity index (χ0v) is 13.8. The van der Waals surface area contributed by atoms with Crippen molar-refractivity contribution in [3.8, 4) is 0 Å². The third kappa shape index (κ3) is 4.98. The monoisotopic (exact) mass is 293 g/mol. The van der Waals surface area contributed by atoms with E-state index in [1.165, 1.54) is 30.8 Å². The summed E-state index contributed by atoms with van der Waals surface area (Å²) in [5, 5.41) is 3.36. The van der Waals surface area contributed by atoms with Crippen molar-refractivity contribution in [1.29, 1.82) is 0 Å². The number of rotatable bonds is 5. The van der Waals surface area contributed by atoms with Gasteiger partial charge in [0.2, 0.25) is 0 Å². The summed E-state index contributed by atoms with van der Waals surface area (Å²) in [7, 11) is 0. The van der Waals surface area contributed by atoms with Gasteiger partial charge in [0.15, 0.2) is 0 Å². The average Bonchev–Trinajstić information content (AvgIpc) is 2.58. The van der Waals surface area contributed by atoms with Crippen molar-refractivity contribution in [3.63, 3.8) is 0 Å². The van der Waals surface area contributed by atoms with Gasteiger partial charge in [-0.25, -0.2) is 4.98 Å². The maximum atomic E-state index is 4.38. The largest absolute Gasteiger partial charge is 0.370 e. The Morgan fingerprint density at radius 3 is 3.05 bits per heavy atom. The van der Waals surface area contributed by atoms with E-state index >= 15 is 0 Å². The second-order valence-electron chi connectivity index (χ2n) is 6.11. The van der Waals surface area contributed by atoms with E-state index in [4.69, 9.17) is 0 Å². The highest BCUT2D eigenvalue weighted by atomic mass is 32.2. The Morgan fingerprint density at radius 1 is 1.40 bits per heavy atom. The predicted octanol–water partition coefficient (Wildman–Crippen LogP) is 3.62. The number of hydrogen-bond acceptors (Lipinski definition) is 4. The minimum absolute atomic E-state index is 0.431. The molecule has 4 heteroatoms. The van der Waals surface area contributed by atoms with E-state index in [1.807, 2.05) is 6.20 Å². The normalized spacial score (nSPS) is 19.6. The summed E-state index contributed by atoms with van der Waals surface area (Å²) in [5.41, 5.74) is 1.36. The molecule has 0 spiro atoms. The van der Waals surface area contributed by atoms with E-state index in [2.05, 4.69) is 59.9 Å². The molecule has 2 heterocycles. The van der Waals surface area contributed by atoms with Gasteiger partial charge in [-0.2, -0.15) is 11.8 Å². The van der Waals surface area contributed by atoms with Gasteiger partial charge in [-0.3, -0.25) is 4.90 Å². The van der Waals surface area contributed by atoms with Crippen LogP contribution in [0.2, 0.25) is 0 Å². The van der Waals surface area contributed by atoms with Gasteiger partial charge in [-0.15, -0.1) is 0 Å². The molecular formula is C16H27N3S. The molecule has 1 saturated heterocycles. The molecule has 0 unspecified atom stereocenters. The fraction of sp³-hybridized carbons (Fsp3) is 0.688. The first kappa shape index (κ1) is 15.6. The summed E-state index contributed by atoms with van der Waals surface area (Å²) in [6.07, 6.45) is 4.32. The lowest BCUT2D eigenvalue weighted by atomic mass is 10.1. The van der Waals surface area contributed by atoms with Crippen LogP contribution in [-0.2, 0) is 6.54 Å². The first-order valence-corrected chi connectivity index (χ1v) is 8.63. The Morgan fingerprint density at radius 2 is 2.25 bits per heavy atom. The molecule has 1 N–H and O–H groups in total. The molecule has 0 saturated carbocycles. The van der Waals surface area contributed by atoms with Crippen LogP contribution >= 0.6 is 11.8 Å². The number of thioether (sulfide) groups is 1. The van der Waals surface area contributed by atoms with Crippen molar-refractivity contribution in [2.24, 2.45) is 0 Å². The molecule has 0 bridgehead atoms. The lowest BCUT2D eigenvalue weighted by Gasteiger charge is -2.22. The third-order valence-corrected chi connectivity index (χ3v) is 5.09. The van der Waals surface area contributed by atoms with E-state index in [-0.39, 0.29) is 0 Å². The standard InChI is InChI=1S/C16H27N3S/c1-4-7-17-15-12-14(5-8-18-15)13-19-9-6-16(2,3)20-11-10-19/h5,8,12H,4,6-7,9-11,13H2,1-3H3,(H,17,18). The van der Waals surface area contributed by atoms with Crippen molar-refractivity contribution in [2.75, 3.05) is 30.7 Å². The first-order valence-electron chi connectivity index (χ1n) is 7.64. The average molecular weight is 293 g/mol. The molecule has 112 valence electrons. The lowest BCUT2D eigenvalue weighted by molar-refractivity contribution is 0.276. The second kappa shape index (κ2) is 7.32. The highest BCUT2D eigenvalue weighted by Crippen LogP contribution is 2.31. The van der Waals surface area contributed by atoms with Crippen LogP contribution < -0.4 is 5.32 Å². The van der Waals surface area contributed by atoms with E-state index in [0.717, 1.165) is 25.3 Å². The molecule has 2 rings (SSSR count). The zero-order valence-electron chi connectivity index (χ0n) is 13.0. The number of nitrogens with zero attached hydrogens (tertiary/aromatic N) is 2. The molecule has 1 aliphatic heterocycles. The molecule has 0 aliphatic carbocycles. The molecule has 1 aromatic rings. The summed E-state index contributed by atoms with van der Waals surface area (Å²) in [5.74, 6) is 2.24. The summed E-state index contributed by atoms with van der Waals surface area (Å²) in [4.78, 5) is 6.95. The molecule has 1 fully saturated rings. The van der Waals surface area contributed by atoms with Gasteiger partial charge in [0.1, 0.15) is 5.82 Å². The number of anilines is 1. The fourth-order valence-electron chi connectivity index (χ4n) is 2.40. The van der Waals surface area contributed by atoms with Crippen molar-refractivity contribution in [3.05, 3.63) is 23.9 Å². The molecule has 0 aromatic carbocycles. The number of hydrogen-bond donors (Lipinski definition) is 1. The van der Waals surface area contributed by atoms with Crippen molar-refractivity contribution < 1.29 is 0 Å². The minimum atomic E-state index is 0.431. The van der Waals surface area contributed by atoms with Crippen LogP contribution in [0.25, 0.3) is 0 Å². The highest BCUT2D eigenvalue weighted by Gasteiger charge is 2.23. The number of pyridine rings is 1. The van der Waals surface area contributed by atoms with Crippen LogP contribution in [0.15, 0.2) is 18.3 Å². The smallest absolute Gasteiger partial charge is 0.126 e. The van der Waals surface area contributed by atoms with Gasteiger partial charge >= 0.3 is 0 Å². The molecular weight excluding hydrogens is 266 g/mol. The Labute approximate surface area is 127 Å². The molecule has 3 nitrogen and oxygen atoms in total. The van der Waals surface area contributed by atoms with Crippen molar-refractivity contribution >= 4 is 17.6 Å². The Hall–Kier alpha value is -0.740. The Kier molecular flexibility index (Phi) is 5.73. The zero-order chi connectivity index (χ0) is 14.4. The Bertz CT molecular complexity index is 420. The van der Waals surface area contributed by atoms with E-state index in [9.17, 15) is 0 Å². The van der Waals surface area contributed by atoms with Gasteiger partial charge in [0.25, 0.3) is 0 Å². The van der Waals surface area contributed by atoms with Crippen LogP contribution in [0.3, 0.4) is 0 Å².